The molecule has 0 heterocycles. The summed E-state index contributed by atoms with van der Waals surface area (Å²) in [6, 6.07) is 78.4. The van der Waals surface area contributed by atoms with Gasteiger partial charge in [-0.2, -0.15) is 0 Å². The Morgan fingerprint density at radius 1 is 0.246 bits per heavy atom. The molecular formula is C60H47N. The van der Waals surface area contributed by atoms with E-state index in [1.165, 1.54) is 94.7 Å². The molecule has 11 rings (SSSR count). The van der Waals surface area contributed by atoms with Gasteiger partial charge < -0.3 is 4.90 Å². The van der Waals surface area contributed by atoms with E-state index in [0.29, 0.717) is 0 Å². The molecule has 61 heavy (non-hydrogen) atoms. The number of fused-ring (bicyclic) bond motifs is 6. The summed E-state index contributed by atoms with van der Waals surface area (Å²) in [5.41, 5.74) is 23.8. The van der Waals surface area contributed by atoms with Crippen LogP contribution in [0.2, 0.25) is 0 Å². The average molecular weight is 782 g/mol. The fourth-order valence-corrected chi connectivity index (χ4v) is 10.1. The van der Waals surface area contributed by atoms with Crippen LogP contribution >= 0.6 is 0 Å². The van der Waals surface area contributed by atoms with Crippen molar-refractivity contribution in [3.8, 4) is 66.8 Å². The van der Waals surface area contributed by atoms with Crippen LogP contribution in [0.3, 0.4) is 0 Å². The van der Waals surface area contributed by atoms with Gasteiger partial charge in [0.05, 0.1) is 0 Å². The molecule has 2 aliphatic carbocycles. The van der Waals surface area contributed by atoms with E-state index in [0.717, 1.165) is 11.4 Å². The highest BCUT2D eigenvalue weighted by Gasteiger charge is 2.38. The van der Waals surface area contributed by atoms with Crippen LogP contribution in [0, 0.1) is 0 Å². The third kappa shape index (κ3) is 6.15. The Morgan fingerprint density at radius 2 is 0.557 bits per heavy atom. The normalized spacial score (nSPS) is 13.8. The second kappa shape index (κ2) is 14.2. The van der Waals surface area contributed by atoms with Crippen molar-refractivity contribution in [3.63, 3.8) is 0 Å². The molecule has 0 radical (unpaired) electrons. The number of rotatable bonds is 7. The second-order valence-electron chi connectivity index (χ2n) is 17.8. The van der Waals surface area contributed by atoms with Crippen molar-refractivity contribution >= 4 is 17.1 Å². The number of hydrogen-bond donors (Lipinski definition) is 0. The summed E-state index contributed by atoms with van der Waals surface area (Å²) in [5.74, 6) is 0. The third-order valence-electron chi connectivity index (χ3n) is 13.5. The number of benzene rings is 9. The summed E-state index contributed by atoms with van der Waals surface area (Å²) in [6.45, 7) is 9.51. The Morgan fingerprint density at radius 3 is 1.05 bits per heavy atom. The molecule has 9 aromatic rings. The Hall–Kier alpha value is -7.22. The monoisotopic (exact) mass is 781 g/mol. The van der Waals surface area contributed by atoms with Gasteiger partial charge in [-0.1, -0.05) is 198 Å². The minimum Gasteiger partial charge on any atom is -0.310 e. The predicted molar refractivity (Wildman–Crippen MR) is 258 cm³/mol. The molecule has 0 unspecified atom stereocenters. The Kier molecular flexibility index (Phi) is 8.58. The first-order valence-electron chi connectivity index (χ1n) is 21.5. The summed E-state index contributed by atoms with van der Waals surface area (Å²) < 4.78 is 0. The van der Waals surface area contributed by atoms with E-state index < -0.39 is 0 Å². The van der Waals surface area contributed by atoms with Crippen molar-refractivity contribution in [2.45, 2.75) is 38.5 Å². The summed E-state index contributed by atoms with van der Waals surface area (Å²) in [4.78, 5) is 2.45. The van der Waals surface area contributed by atoms with Crippen molar-refractivity contribution in [1.82, 2.24) is 0 Å². The first kappa shape index (κ1) is 36.8. The van der Waals surface area contributed by atoms with E-state index >= 15 is 0 Å². The van der Waals surface area contributed by atoms with Crippen LogP contribution in [-0.2, 0) is 10.8 Å². The number of hydrogen-bond acceptors (Lipinski definition) is 1. The lowest BCUT2D eigenvalue weighted by Crippen LogP contribution is -2.18. The zero-order valence-corrected chi connectivity index (χ0v) is 35.2. The first-order valence-corrected chi connectivity index (χ1v) is 21.5. The number of nitrogens with zero attached hydrogens (tertiary/aromatic N) is 1. The van der Waals surface area contributed by atoms with Gasteiger partial charge in [0.15, 0.2) is 0 Å². The van der Waals surface area contributed by atoms with Gasteiger partial charge in [0, 0.05) is 27.9 Å². The largest absolute Gasteiger partial charge is 0.310 e. The summed E-state index contributed by atoms with van der Waals surface area (Å²) >= 11 is 0. The lowest BCUT2D eigenvalue weighted by molar-refractivity contribution is 0.660. The van der Waals surface area contributed by atoms with Crippen molar-refractivity contribution in [2.75, 3.05) is 4.90 Å². The minimum absolute atomic E-state index is 0.0987. The molecule has 1 heteroatoms. The maximum atomic E-state index is 2.45. The zero-order valence-electron chi connectivity index (χ0n) is 35.2. The topological polar surface area (TPSA) is 3.24 Å². The van der Waals surface area contributed by atoms with E-state index in [9.17, 15) is 0 Å². The molecule has 9 aromatic carbocycles. The van der Waals surface area contributed by atoms with Crippen LogP contribution < -0.4 is 4.90 Å². The minimum atomic E-state index is -0.193. The molecule has 0 spiro atoms. The van der Waals surface area contributed by atoms with Crippen LogP contribution in [0.1, 0.15) is 49.9 Å². The van der Waals surface area contributed by atoms with Crippen molar-refractivity contribution in [3.05, 3.63) is 235 Å². The molecule has 0 atom stereocenters. The van der Waals surface area contributed by atoms with Gasteiger partial charge in [-0.15, -0.1) is 0 Å². The van der Waals surface area contributed by atoms with E-state index in [1.54, 1.807) is 0 Å². The lowest BCUT2D eigenvalue weighted by Gasteiger charge is -2.30. The molecule has 1 nitrogen and oxygen atoms in total. The SMILES string of the molecule is CC1(C)c2ccccc2-c2ccc(N(c3ccc(-c4ccccc4)cc3)c3ccc4c(c3)C(C)(C)c3cc(-c5ccc(-c6ccc(-c7ccccc7)cc6)cc5)ccc3-4)cc21. The molecule has 0 amide bonds. The average Bonchev–Trinajstić information content (AvgIpc) is 3.68. The first-order chi connectivity index (χ1) is 29.7. The summed E-state index contributed by atoms with van der Waals surface area (Å²) in [5, 5.41) is 0. The highest BCUT2D eigenvalue weighted by Crippen LogP contribution is 2.53. The van der Waals surface area contributed by atoms with Crippen LogP contribution in [0.4, 0.5) is 17.1 Å². The highest BCUT2D eigenvalue weighted by molar-refractivity contribution is 5.89. The summed E-state index contributed by atoms with van der Waals surface area (Å²) in [6.07, 6.45) is 0. The maximum absolute atomic E-state index is 2.45. The molecule has 292 valence electrons. The molecule has 0 fully saturated rings. The van der Waals surface area contributed by atoms with Gasteiger partial charge in [0.1, 0.15) is 0 Å². The maximum Gasteiger partial charge on any atom is 0.0465 e. The standard InChI is InChI=1S/C60H47N/c1-59(2)55-18-12-11-17-51(55)53-35-32-49(38-57(53)59)61(48-30-27-45(28-31-48)41-15-9-6-10-16-41)50-33-36-54-52-34-29-47(37-56(52)60(3,4)58(54)39-50)46-25-23-44(24-26-46)43-21-19-42(20-22-43)40-13-7-5-8-14-40/h5-39H,1-4H3. The Labute approximate surface area is 360 Å². The van der Waals surface area contributed by atoms with Crippen LogP contribution in [0.25, 0.3) is 66.8 Å². The Bertz CT molecular complexity index is 3080. The van der Waals surface area contributed by atoms with Gasteiger partial charge in [-0.05, 0) is 131 Å². The summed E-state index contributed by atoms with van der Waals surface area (Å²) in [7, 11) is 0. The predicted octanol–water partition coefficient (Wildman–Crippen LogP) is 16.4. The molecular weight excluding hydrogens is 735 g/mol. The number of anilines is 3. The highest BCUT2D eigenvalue weighted by atomic mass is 15.1. The van der Waals surface area contributed by atoms with Gasteiger partial charge in [-0.25, -0.2) is 0 Å². The van der Waals surface area contributed by atoms with Gasteiger partial charge in [0.2, 0.25) is 0 Å². The lowest BCUT2D eigenvalue weighted by atomic mass is 9.81. The Balaban J connectivity index is 0.942. The van der Waals surface area contributed by atoms with Crippen LogP contribution in [0.5, 0.6) is 0 Å². The van der Waals surface area contributed by atoms with Crippen molar-refractivity contribution < 1.29 is 0 Å². The zero-order chi connectivity index (χ0) is 41.3. The fourth-order valence-electron chi connectivity index (χ4n) is 10.1. The van der Waals surface area contributed by atoms with Crippen LogP contribution in [-0.4, -0.2) is 0 Å². The van der Waals surface area contributed by atoms with E-state index in [1.807, 2.05) is 0 Å². The van der Waals surface area contributed by atoms with Crippen LogP contribution in [0.15, 0.2) is 212 Å². The van der Waals surface area contributed by atoms with Gasteiger partial charge in [-0.3, -0.25) is 0 Å². The molecule has 0 N–H and O–H groups in total. The van der Waals surface area contributed by atoms with Crippen molar-refractivity contribution in [1.29, 1.82) is 0 Å². The fraction of sp³-hybridized carbons (Fsp3) is 0.100. The quantitative estimate of drug-likeness (QED) is 0.156. The van der Waals surface area contributed by atoms with E-state index in [-0.39, 0.29) is 10.8 Å². The third-order valence-corrected chi connectivity index (χ3v) is 13.5. The smallest absolute Gasteiger partial charge is 0.0465 e. The molecule has 0 aliphatic heterocycles. The molecule has 0 bridgehead atoms. The van der Waals surface area contributed by atoms with Gasteiger partial charge in [0.25, 0.3) is 0 Å². The second-order valence-corrected chi connectivity index (χ2v) is 17.8. The molecule has 0 saturated carbocycles. The van der Waals surface area contributed by atoms with E-state index in [4.69, 9.17) is 0 Å². The molecule has 2 aliphatic rings. The van der Waals surface area contributed by atoms with Gasteiger partial charge >= 0.3 is 0 Å². The molecule has 0 aromatic heterocycles. The van der Waals surface area contributed by atoms with E-state index in [2.05, 4.69) is 245 Å². The molecule has 0 saturated heterocycles. The van der Waals surface area contributed by atoms with Crippen molar-refractivity contribution in [2.24, 2.45) is 0 Å².